The molecular formula is C20H21NO4. The number of benzene rings is 2. The van der Waals surface area contributed by atoms with Crippen LogP contribution < -0.4 is 9.47 Å². The van der Waals surface area contributed by atoms with E-state index in [0.717, 1.165) is 29.2 Å². The smallest absolute Gasteiger partial charge is 0.315 e. The average molecular weight is 339 g/mol. The Labute approximate surface area is 146 Å². The Bertz CT molecular complexity index is 777. The summed E-state index contributed by atoms with van der Waals surface area (Å²) in [5.41, 5.74) is 1.17. The minimum atomic E-state index is -0.824. The van der Waals surface area contributed by atoms with E-state index in [1.165, 1.54) is 0 Å². The lowest BCUT2D eigenvalue weighted by Crippen LogP contribution is -2.38. The first-order chi connectivity index (χ1) is 12.2. The van der Waals surface area contributed by atoms with Crippen LogP contribution in [0.4, 0.5) is 0 Å². The molecule has 2 aromatic carbocycles. The number of rotatable bonds is 4. The summed E-state index contributed by atoms with van der Waals surface area (Å²) in [4.78, 5) is 14.3. The number of carboxylic acids is 1. The highest BCUT2D eigenvalue weighted by Gasteiger charge is 2.46. The van der Waals surface area contributed by atoms with Gasteiger partial charge in [-0.05, 0) is 29.7 Å². The normalized spacial score (nSPS) is 22.7. The number of aliphatic carboxylic acids is 1. The Kier molecular flexibility index (Phi) is 4.09. The third kappa shape index (κ3) is 2.96. The second kappa shape index (κ2) is 6.41. The van der Waals surface area contributed by atoms with Crippen molar-refractivity contribution in [3.8, 4) is 11.5 Å². The summed E-state index contributed by atoms with van der Waals surface area (Å²) in [6, 6.07) is 15.5. The van der Waals surface area contributed by atoms with Gasteiger partial charge in [0.1, 0.15) is 18.6 Å². The fourth-order valence-electron chi connectivity index (χ4n) is 3.76. The summed E-state index contributed by atoms with van der Waals surface area (Å²) in [5.74, 6) is 0.805. The lowest BCUT2D eigenvalue weighted by molar-refractivity contribution is -0.143. The van der Waals surface area contributed by atoms with Crippen molar-refractivity contribution in [1.29, 1.82) is 0 Å². The molecule has 5 nitrogen and oxygen atoms in total. The highest BCUT2D eigenvalue weighted by Crippen LogP contribution is 2.37. The molecule has 0 bridgehead atoms. The Morgan fingerprint density at radius 1 is 1.08 bits per heavy atom. The molecule has 2 aliphatic rings. The summed E-state index contributed by atoms with van der Waals surface area (Å²) in [6.07, 6.45) is 0.622. The van der Waals surface area contributed by atoms with Crippen LogP contribution in [0.5, 0.6) is 11.5 Å². The van der Waals surface area contributed by atoms with Crippen LogP contribution >= 0.6 is 0 Å². The minimum absolute atomic E-state index is 0.515. The molecule has 0 spiro atoms. The summed E-state index contributed by atoms with van der Waals surface area (Å²) in [7, 11) is 0. The predicted octanol–water partition coefficient (Wildman–Crippen LogP) is 2.69. The zero-order chi connectivity index (χ0) is 17.3. The van der Waals surface area contributed by atoms with E-state index in [9.17, 15) is 9.90 Å². The van der Waals surface area contributed by atoms with Crippen LogP contribution in [0.1, 0.15) is 17.5 Å². The largest absolute Gasteiger partial charge is 0.486 e. The van der Waals surface area contributed by atoms with Crippen molar-refractivity contribution in [3.63, 3.8) is 0 Å². The van der Waals surface area contributed by atoms with Crippen LogP contribution in [-0.4, -0.2) is 42.3 Å². The fraction of sp³-hybridized carbons (Fsp3) is 0.350. The summed E-state index contributed by atoms with van der Waals surface area (Å²) >= 11 is 0. The van der Waals surface area contributed by atoms with E-state index in [0.29, 0.717) is 32.7 Å². The summed E-state index contributed by atoms with van der Waals surface area (Å²) < 4.78 is 11.2. The van der Waals surface area contributed by atoms with Crippen molar-refractivity contribution >= 4 is 5.97 Å². The van der Waals surface area contributed by atoms with Crippen LogP contribution in [0.2, 0.25) is 0 Å². The van der Waals surface area contributed by atoms with Gasteiger partial charge in [-0.1, -0.05) is 36.4 Å². The molecule has 0 aliphatic carbocycles. The molecule has 0 aromatic heterocycles. The number of likely N-dealkylation sites (tertiary alicyclic amines) is 1. The van der Waals surface area contributed by atoms with Gasteiger partial charge in [-0.25, -0.2) is 0 Å². The van der Waals surface area contributed by atoms with E-state index in [1.807, 2.05) is 48.5 Å². The third-order valence-electron chi connectivity index (χ3n) is 5.10. The van der Waals surface area contributed by atoms with Crippen LogP contribution in [0.25, 0.3) is 0 Å². The van der Waals surface area contributed by atoms with Gasteiger partial charge in [0.25, 0.3) is 0 Å². The maximum Gasteiger partial charge on any atom is 0.315 e. The first kappa shape index (κ1) is 16.0. The standard InChI is InChI=1S/C20H21NO4/c22-19(23)20(16-4-2-1-3-5-16)8-9-21(14-20)13-15-6-7-17-18(12-15)25-11-10-24-17/h1-7,12H,8-11,13-14H2,(H,22,23). The van der Waals surface area contributed by atoms with Gasteiger partial charge in [0.05, 0.1) is 0 Å². The topological polar surface area (TPSA) is 59.0 Å². The van der Waals surface area contributed by atoms with Crippen molar-refractivity contribution in [1.82, 2.24) is 4.90 Å². The molecule has 5 heteroatoms. The number of carbonyl (C=O) groups is 1. The average Bonchev–Trinajstić information content (AvgIpc) is 3.08. The van der Waals surface area contributed by atoms with Crippen LogP contribution in [0.3, 0.4) is 0 Å². The van der Waals surface area contributed by atoms with Gasteiger partial charge in [0.15, 0.2) is 11.5 Å². The fourth-order valence-corrected chi connectivity index (χ4v) is 3.76. The Morgan fingerprint density at radius 2 is 1.84 bits per heavy atom. The van der Waals surface area contributed by atoms with Crippen molar-refractivity contribution in [3.05, 3.63) is 59.7 Å². The molecule has 1 saturated heterocycles. The van der Waals surface area contributed by atoms with Crippen LogP contribution in [0.15, 0.2) is 48.5 Å². The van der Waals surface area contributed by atoms with Gasteiger partial charge >= 0.3 is 5.97 Å². The van der Waals surface area contributed by atoms with Gasteiger partial charge in [-0.2, -0.15) is 0 Å². The maximum absolute atomic E-state index is 12.1. The zero-order valence-corrected chi connectivity index (χ0v) is 14.0. The zero-order valence-electron chi connectivity index (χ0n) is 14.0. The van der Waals surface area contributed by atoms with Crippen LogP contribution in [-0.2, 0) is 16.8 Å². The van der Waals surface area contributed by atoms with Crippen molar-refractivity contribution in [2.75, 3.05) is 26.3 Å². The van der Waals surface area contributed by atoms with Crippen LogP contribution in [0, 0.1) is 0 Å². The molecule has 2 heterocycles. The molecular weight excluding hydrogens is 318 g/mol. The molecule has 4 rings (SSSR count). The number of nitrogens with zero attached hydrogens (tertiary/aromatic N) is 1. The Morgan fingerprint density at radius 3 is 2.60 bits per heavy atom. The van der Waals surface area contributed by atoms with E-state index in [1.54, 1.807) is 0 Å². The van der Waals surface area contributed by atoms with Crippen molar-refractivity contribution < 1.29 is 19.4 Å². The predicted molar refractivity (Wildman–Crippen MR) is 93.1 cm³/mol. The Balaban J connectivity index is 1.53. The van der Waals surface area contributed by atoms with Crippen molar-refractivity contribution in [2.24, 2.45) is 0 Å². The quantitative estimate of drug-likeness (QED) is 0.928. The monoisotopic (exact) mass is 339 g/mol. The lowest BCUT2D eigenvalue weighted by atomic mass is 9.80. The van der Waals surface area contributed by atoms with Gasteiger partial charge in [0, 0.05) is 19.6 Å². The number of carboxylic acid groups (broad SMARTS) is 1. The van der Waals surface area contributed by atoms with Gasteiger partial charge in [0.2, 0.25) is 0 Å². The summed E-state index contributed by atoms with van der Waals surface area (Å²) in [6.45, 7) is 3.13. The van der Waals surface area contributed by atoms with Gasteiger partial charge in [-0.15, -0.1) is 0 Å². The number of hydrogen-bond donors (Lipinski definition) is 1. The van der Waals surface area contributed by atoms with E-state index in [4.69, 9.17) is 9.47 Å². The molecule has 0 radical (unpaired) electrons. The second-order valence-corrected chi connectivity index (χ2v) is 6.69. The highest BCUT2D eigenvalue weighted by atomic mass is 16.6. The van der Waals surface area contributed by atoms with E-state index in [2.05, 4.69) is 4.90 Å². The molecule has 2 aromatic rings. The van der Waals surface area contributed by atoms with E-state index >= 15 is 0 Å². The first-order valence-corrected chi connectivity index (χ1v) is 8.57. The summed E-state index contributed by atoms with van der Waals surface area (Å²) in [5, 5.41) is 9.90. The molecule has 0 saturated carbocycles. The number of hydrogen-bond acceptors (Lipinski definition) is 4. The van der Waals surface area contributed by atoms with E-state index < -0.39 is 11.4 Å². The van der Waals surface area contributed by atoms with Crippen molar-refractivity contribution in [2.45, 2.75) is 18.4 Å². The molecule has 1 N–H and O–H groups in total. The molecule has 0 amide bonds. The van der Waals surface area contributed by atoms with Gasteiger partial charge in [-0.3, -0.25) is 9.69 Å². The number of ether oxygens (including phenoxy) is 2. The molecule has 130 valence electrons. The number of fused-ring (bicyclic) bond motifs is 1. The lowest BCUT2D eigenvalue weighted by Gasteiger charge is -2.26. The SMILES string of the molecule is O=C(O)C1(c2ccccc2)CCN(Cc2ccc3c(c2)OCCO3)C1. The van der Waals surface area contributed by atoms with E-state index in [-0.39, 0.29) is 0 Å². The first-order valence-electron chi connectivity index (χ1n) is 8.57. The van der Waals surface area contributed by atoms with Gasteiger partial charge < -0.3 is 14.6 Å². The third-order valence-corrected chi connectivity index (χ3v) is 5.10. The highest BCUT2D eigenvalue weighted by molar-refractivity contribution is 5.82. The molecule has 2 aliphatic heterocycles. The molecule has 1 atom stereocenters. The second-order valence-electron chi connectivity index (χ2n) is 6.69. The minimum Gasteiger partial charge on any atom is -0.486 e. The molecule has 1 unspecified atom stereocenters. The Hall–Kier alpha value is -2.53. The maximum atomic E-state index is 12.1. The molecule has 25 heavy (non-hydrogen) atoms. The molecule has 1 fully saturated rings.